The van der Waals surface area contributed by atoms with Crippen LogP contribution in [0.1, 0.15) is 31.9 Å². The number of nitrogens with one attached hydrogen (secondary N) is 1. The summed E-state index contributed by atoms with van der Waals surface area (Å²) in [6, 6.07) is 15.2. The number of imidazole rings is 1. The molecule has 0 radical (unpaired) electrons. The van der Waals surface area contributed by atoms with Crippen LogP contribution < -0.4 is 15.0 Å². The van der Waals surface area contributed by atoms with Crippen molar-refractivity contribution in [1.82, 2.24) is 14.9 Å². The Hall–Kier alpha value is -3.61. The molecule has 3 aromatic rings. The molecule has 31 heavy (non-hydrogen) atoms. The zero-order valence-electron chi connectivity index (χ0n) is 17.7. The molecule has 7 heteroatoms. The normalized spacial score (nSPS) is 16.9. The molecule has 1 aliphatic rings. The number of ether oxygens (including phenoxy) is 1. The van der Waals surface area contributed by atoms with Crippen molar-refractivity contribution in [2.75, 3.05) is 18.1 Å². The average Bonchev–Trinajstić information content (AvgIpc) is 3.45. The van der Waals surface area contributed by atoms with Gasteiger partial charge in [-0.25, -0.2) is 4.98 Å². The van der Waals surface area contributed by atoms with Gasteiger partial charge < -0.3 is 19.5 Å². The standard InChI is InChI=1S/C24H26N4O3/c1-3-31-22-7-5-4-6-21(22)28-15-19(14-23(28)29)24(30)26-17(2)18-8-10-20(11-9-18)27-13-12-25-16-27/h4-13,16-17,19H,3,14-15H2,1-2H3,(H,26,30). The molecule has 2 atom stereocenters. The Bertz CT molecular complexity index is 1050. The second-order valence-corrected chi connectivity index (χ2v) is 7.60. The SMILES string of the molecule is CCOc1ccccc1N1CC(C(=O)NC(C)c2ccc(-n3ccnc3)cc2)CC1=O. The van der Waals surface area contributed by atoms with E-state index in [0.29, 0.717) is 24.6 Å². The van der Waals surface area contributed by atoms with Crippen molar-refractivity contribution in [2.45, 2.75) is 26.3 Å². The van der Waals surface area contributed by atoms with Gasteiger partial charge in [-0.05, 0) is 43.7 Å². The van der Waals surface area contributed by atoms with Crippen LogP contribution in [-0.2, 0) is 9.59 Å². The van der Waals surface area contributed by atoms with Crippen LogP contribution in [0.25, 0.3) is 5.69 Å². The van der Waals surface area contributed by atoms with E-state index in [9.17, 15) is 9.59 Å². The number of amides is 2. The molecule has 1 saturated heterocycles. The van der Waals surface area contributed by atoms with Gasteiger partial charge in [0.25, 0.3) is 0 Å². The van der Waals surface area contributed by atoms with E-state index < -0.39 is 5.92 Å². The van der Waals surface area contributed by atoms with Gasteiger partial charge in [0.15, 0.2) is 0 Å². The highest BCUT2D eigenvalue weighted by atomic mass is 16.5. The maximum atomic E-state index is 12.9. The zero-order chi connectivity index (χ0) is 21.8. The highest BCUT2D eigenvalue weighted by molar-refractivity contribution is 6.01. The summed E-state index contributed by atoms with van der Waals surface area (Å²) in [5.41, 5.74) is 2.72. The van der Waals surface area contributed by atoms with Gasteiger partial charge in [-0.3, -0.25) is 9.59 Å². The fourth-order valence-electron chi connectivity index (χ4n) is 3.84. The van der Waals surface area contributed by atoms with E-state index >= 15 is 0 Å². The average molecular weight is 418 g/mol. The first kappa shape index (κ1) is 20.7. The molecule has 4 rings (SSSR count). The zero-order valence-corrected chi connectivity index (χ0v) is 17.7. The fourth-order valence-corrected chi connectivity index (χ4v) is 3.84. The van der Waals surface area contributed by atoms with Crippen LogP contribution >= 0.6 is 0 Å². The summed E-state index contributed by atoms with van der Waals surface area (Å²) >= 11 is 0. The molecular weight excluding hydrogens is 392 g/mol. The maximum Gasteiger partial charge on any atom is 0.227 e. The third-order valence-electron chi connectivity index (χ3n) is 5.51. The summed E-state index contributed by atoms with van der Waals surface area (Å²) in [5.74, 6) is 0.0844. The largest absolute Gasteiger partial charge is 0.492 e. The molecular formula is C24H26N4O3. The van der Waals surface area contributed by atoms with Crippen LogP contribution in [0.4, 0.5) is 5.69 Å². The predicted molar refractivity (Wildman–Crippen MR) is 118 cm³/mol. The molecule has 0 bridgehead atoms. The highest BCUT2D eigenvalue weighted by Gasteiger charge is 2.36. The van der Waals surface area contributed by atoms with Crippen LogP contribution in [0.3, 0.4) is 0 Å². The lowest BCUT2D eigenvalue weighted by atomic mass is 10.0. The number of rotatable bonds is 7. The van der Waals surface area contributed by atoms with Crippen LogP contribution in [0, 0.1) is 5.92 Å². The van der Waals surface area contributed by atoms with Crippen molar-refractivity contribution in [2.24, 2.45) is 5.92 Å². The lowest BCUT2D eigenvalue weighted by Gasteiger charge is -2.21. The van der Waals surface area contributed by atoms with Crippen LogP contribution in [0.2, 0.25) is 0 Å². The highest BCUT2D eigenvalue weighted by Crippen LogP contribution is 2.33. The summed E-state index contributed by atoms with van der Waals surface area (Å²) in [4.78, 5) is 31.2. The smallest absolute Gasteiger partial charge is 0.227 e. The van der Waals surface area contributed by atoms with E-state index in [2.05, 4.69) is 10.3 Å². The first-order chi connectivity index (χ1) is 15.1. The van der Waals surface area contributed by atoms with Gasteiger partial charge in [0.05, 0.1) is 30.6 Å². The van der Waals surface area contributed by atoms with Crippen molar-refractivity contribution in [3.8, 4) is 11.4 Å². The Kier molecular flexibility index (Phi) is 6.02. The molecule has 1 aromatic heterocycles. The molecule has 0 spiro atoms. The van der Waals surface area contributed by atoms with Crippen LogP contribution in [0.5, 0.6) is 5.75 Å². The second kappa shape index (κ2) is 9.04. The molecule has 1 fully saturated rings. The van der Waals surface area contributed by atoms with E-state index in [1.54, 1.807) is 17.4 Å². The number of anilines is 1. The first-order valence-corrected chi connectivity index (χ1v) is 10.5. The summed E-state index contributed by atoms with van der Waals surface area (Å²) in [6.07, 6.45) is 5.55. The van der Waals surface area contributed by atoms with Gasteiger partial charge >= 0.3 is 0 Å². The number of aromatic nitrogens is 2. The molecule has 160 valence electrons. The van der Waals surface area contributed by atoms with E-state index in [1.807, 2.05) is 73.1 Å². The Morgan fingerprint density at radius 3 is 2.71 bits per heavy atom. The summed E-state index contributed by atoms with van der Waals surface area (Å²) in [7, 11) is 0. The third-order valence-corrected chi connectivity index (χ3v) is 5.51. The van der Waals surface area contributed by atoms with Crippen molar-refractivity contribution in [1.29, 1.82) is 0 Å². The van der Waals surface area contributed by atoms with Crippen molar-refractivity contribution < 1.29 is 14.3 Å². The number of carbonyl (C=O) groups excluding carboxylic acids is 2. The van der Waals surface area contributed by atoms with Gasteiger partial charge in [-0.15, -0.1) is 0 Å². The Morgan fingerprint density at radius 2 is 2.00 bits per heavy atom. The number of hydrogen-bond donors (Lipinski definition) is 1. The van der Waals surface area contributed by atoms with Gasteiger partial charge in [-0.2, -0.15) is 0 Å². The molecule has 7 nitrogen and oxygen atoms in total. The van der Waals surface area contributed by atoms with Crippen molar-refractivity contribution >= 4 is 17.5 Å². The van der Waals surface area contributed by atoms with Gasteiger partial charge in [0.1, 0.15) is 5.75 Å². The van der Waals surface area contributed by atoms with Gasteiger partial charge in [0, 0.05) is 31.0 Å². The van der Waals surface area contributed by atoms with Crippen molar-refractivity contribution in [3.05, 3.63) is 72.8 Å². The number of nitrogens with zero attached hydrogens (tertiary/aromatic N) is 3. The van der Waals surface area contributed by atoms with Crippen LogP contribution in [-0.4, -0.2) is 34.5 Å². The van der Waals surface area contributed by atoms with Gasteiger partial charge in [-0.1, -0.05) is 24.3 Å². The maximum absolute atomic E-state index is 12.9. The molecule has 2 amide bonds. The summed E-state index contributed by atoms with van der Waals surface area (Å²) in [6.45, 7) is 4.71. The number of carbonyl (C=O) groups is 2. The number of hydrogen-bond acceptors (Lipinski definition) is 4. The van der Waals surface area contributed by atoms with E-state index in [-0.39, 0.29) is 24.3 Å². The minimum Gasteiger partial charge on any atom is -0.492 e. The number of benzene rings is 2. The third kappa shape index (κ3) is 4.45. The first-order valence-electron chi connectivity index (χ1n) is 10.5. The Morgan fingerprint density at radius 1 is 1.23 bits per heavy atom. The minimum absolute atomic E-state index is 0.0651. The minimum atomic E-state index is -0.394. The predicted octanol–water partition coefficient (Wildman–Crippen LogP) is 3.50. The fraction of sp³-hybridized carbons (Fsp3) is 0.292. The molecule has 2 unspecified atom stereocenters. The molecule has 0 aliphatic carbocycles. The topological polar surface area (TPSA) is 76.5 Å². The summed E-state index contributed by atoms with van der Waals surface area (Å²) < 4.78 is 7.57. The molecule has 1 aliphatic heterocycles. The molecule has 1 N–H and O–H groups in total. The Labute approximate surface area is 181 Å². The van der Waals surface area contributed by atoms with E-state index in [4.69, 9.17) is 4.74 Å². The quantitative estimate of drug-likeness (QED) is 0.637. The summed E-state index contributed by atoms with van der Waals surface area (Å²) in [5, 5.41) is 3.06. The molecule has 2 heterocycles. The lowest BCUT2D eigenvalue weighted by molar-refractivity contribution is -0.126. The van der Waals surface area contributed by atoms with Crippen molar-refractivity contribution in [3.63, 3.8) is 0 Å². The molecule has 2 aromatic carbocycles. The monoisotopic (exact) mass is 418 g/mol. The number of para-hydroxylation sites is 2. The van der Waals surface area contributed by atoms with E-state index in [0.717, 1.165) is 11.3 Å². The lowest BCUT2D eigenvalue weighted by Crippen LogP contribution is -2.34. The van der Waals surface area contributed by atoms with Gasteiger partial charge in [0.2, 0.25) is 11.8 Å². The van der Waals surface area contributed by atoms with Crippen LogP contribution in [0.15, 0.2) is 67.3 Å². The Balaban J connectivity index is 1.40. The van der Waals surface area contributed by atoms with E-state index in [1.165, 1.54) is 0 Å². The second-order valence-electron chi connectivity index (χ2n) is 7.60. The molecule has 0 saturated carbocycles.